The van der Waals surface area contributed by atoms with Crippen LogP contribution in [0.5, 0.6) is 17.2 Å². The molecule has 0 atom stereocenters. The Kier molecular flexibility index (Phi) is 4.06. The van der Waals surface area contributed by atoms with Crippen LogP contribution in [0.15, 0.2) is 18.2 Å². The molecular weight excluding hydrogens is 320 g/mol. The van der Waals surface area contributed by atoms with Gasteiger partial charge in [-0.3, -0.25) is 4.79 Å². The van der Waals surface area contributed by atoms with E-state index in [4.69, 9.17) is 19.3 Å². The normalized spacial score (nSPS) is 19.0. The van der Waals surface area contributed by atoms with Gasteiger partial charge in [0.2, 0.25) is 0 Å². The minimum absolute atomic E-state index is 0.0565. The lowest BCUT2D eigenvalue weighted by atomic mass is 9.88. The SMILES string of the molecule is COc1c2c(cc3c1C(CCC(=O)O)=CC(C)(C)O3)OC(C)(C)C=C2. The predicted molar refractivity (Wildman–Crippen MR) is 96.3 cm³/mol. The molecule has 0 saturated carbocycles. The van der Waals surface area contributed by atoms with Crippen molar-refractivity contribution in [2.75, 3.05) is 7.11 Å². The molecule has 0 saturated heterocycles. The van der Waals surface area contributed by atoms with Gasteiger partial charge < -0.3 is 19.3 Å². The topological polar surface area (TPSA) is 65.0 Å². The van der Waals surface area contributed by atoms with Crippen molar-refractivity contribution in [3.8, 4) is 17.2 Å². The molecule has 25 heavy (non-hydrogen) atoms. The highest BCUT2D eigenvalue weighted by atomic mass is 16.5. The van der Waals surface area contributed by atoms with Crippen LogP contribution in [-0.2, 0) is 4.79 Å². The minimum atomic E-state index is -0.825. The second-order valence-corrected chi connectivity index (χ2v) is 7.50. The third kappa shape index (κ3) is 3.36. The molecule has 2 aliphatic heterocycles. The Hall–Kier alpha value is -2.43. The van der Waals surface area contributed by atoms with E-state index in [-0.39, 0.29) is 6.42 Å². The fourth-order valence-electron chi connectivity index (χ4n) is 3.31. The summed E-state index contributed by atoms with van der Waals surface area (Å²) in [4.78, 5) is 11.1. The number of ether oxygens (including phenoxy) is 3. The van der Waals surface area contributed by atoms with E-state index >= 15 is 0 Å². The van der Waals surface area contributed by atoms with Crippen LogP contribution in [0.4, 0.5) is 0 Å². The van der Waals surface area contributed by atoms with E-state index in [1.807, 2.05) is 52.0 Å². The number of fused-ring (bicyclic) bond motifs is 2. The summed E-state index contributed by atoms with van der Waals surface area (Å²) in [6.07, 6.45) is 6.43. The summed E-state index contributed by atoms with van der Waals surface area (Å²) in [6, 6.07) is 1.88. The molecule has 0 fully saturated rings. The maximum atomic E-state index is 11.1. The number of aliphatic carboxylic acids is 1. The van der Waals surface area contributed by atoms with E-state index in [9.17, 15) is 4.79 Å². The number of benzene rings is 1. The maximum Gasteiger partial charge on any atom is 0.303 e. The monoisotopic (exact) mass is 344 g/mol. The molecular formula is C20H24O5. The van der Waals surface area contributed by atoms with E-state index < -0.39 is 17.2 Å². The average molecular weight is 344 g/mol. The zero-order valence-electron chi connectivity index (χ0n) is 15.3. The van der Waals surface area contributed by atoms with Crippen molar-refractivity contribution in [3.63, 3.8) is 0 Å². The van der Waals surface area contributed by atoms with Crippen LogP contribution >= 0.6 is 0 Å². The molecule has 0 bridgehead atoms. The summed E-state index contributed by atoms with van der Waals surface area (Å²) < 4.78 is 17.9. The van der Waals surface area contributed by atoms with Gasteiger partial charge >= 0.3 is 5.97 Å². The molecule has 2 heterocycles. The van der Waals surface area contributed by atoms with Crippen LogP contribution in [-0.4, -0.2) is 29.4 Å². The van der Waals surface area contributed by atoms with Gasteiger partial charge in [0.15, 0.2) is 0 Å². The predicted octanol–water partition coefficient (Wildman–Crippen LogP) is 4.30. The summed E-state index contributed by atoms with van der Waals surface area (Å²) in [5.74, 6) is 1.20. The zero-order chi connectivity index (χ0) is 18.4. The number of hydrogen-bond donors (Lipinski definition) is 1. The average Bonchev–Trinajstić information content (AvgIpc) is 2.48. The lowest BCUT2D eigenvalue weighted by molar-refractivity contribution is -0.136. The van der Waals surface area contributed by atoms with Crippen LogP contribution in [0.3, 0.4) is 0 Å². The lowest BCUT2D eigenvalue weighted by Gasteiger charge is -2.35. The highest BCUT2D eigenvalue weighted by Gasteiger charge is 2.34. The molecule has 0 aliphatic carbocycles. The van der Waals surface area contributed by atoms with Crippen molar-refractivity contribution in [3.05, 3.63) is 29.3 Å². The van der Waals surface area contributed by atoms with Crippen molar-refractivity contribution >= 4 is 17.6 Å². The van der Waals surface area contributed by atoms with Crippen LogP contribution in [0.25, 0.3) is 11.6 Å². The molecule has 0 radical (unpaired) electrons. The second kappa shape index (κ2) is 5.83. The molecule has 0 amide bonds. The first-order valence-corrected chi connectivity index (χ1v) is 8.38. The van der Waals surface area contributed by atoms with E-state index in [0.29, 0.717) is 23.7 Å². The number of carboxylic acids is 1. The Morgan fingerprint density at radius 2 is 1.84 bits per heavy atom. The molecule has 1 aromatic carbocycles. The molecule has 2 aliphatic rings. The largest absolute Gasteiger partial charge is 0.495 e. The zero-order valence-corrected chi connectivity index (χ0v) is 15.3. The van der Waals surface area contributed by atoms with Gasteiger partial charge in [0, 0.05) is 12.5 Å². The van der Waals surface area contributed by atoms with Crippen LogP contribution < -0.4 is 14.2 Å². The highest BCUT2D eigenvalue weighted by Crippen LogP contribution is 2.50. The smallest absolute Gasteiger partial charge is 0.303 e. The molecule has 1 aromatic rings. The summed E-state index contributed by atoms with van der Waals surface area (Å²) in [5, 5.41) is 9.08. The summed E-state index contributed by atoms with van der Waals surface area (Å²) >= 11 is 0. The minimum Gasteiger partial charge on any atom is -0.495 e. The molecule has 0 aromatic heterocycles. The fraction of sp³-hybridized carbons (Fsp3) is 0.450. The molecule has 5 nitrogen and oxygen atoms in total. The van der Waals surface area contributed by atoms with Crippen LogP contribution in [0.2, 0.25) is 0 Å². The summed E-state index contributed by atoms with van der Waals surface area (Å²) in [6.45, 7) is 7.88. The Labute approximate surface area is 147 Å². The van der Waals surface area contributed by atoms with Gasteiger partial charge in [-0.15, -0.1) is 0 Å². The standard InChI is InChI=1S/C20H24O5/c1-19(2)9-8-13-14(24-19)10-15-17(18(13)23-5)12(6-7-16(21)22)11-20(3,4)25-15/h8-11H,6-7H2,1-5H3,(H,21,22). The van der Waals surface area contributed by atoms with Gasteiger partial charge in [-0.1, -0.05) is 0 Å². The van der Waals surface area contributed by atoms with E-state index in [1.165, 1.54) is 0 Å². The summed E-state index contributed by atoms with van der Waals surface area (Å²) in [5.41, 5.74) is 1.66. The quantitative estimate of drug-likeness (QED) is 0.882. The first kappa shape index (κ1) is 17.4. The Bertz CT molecular complexity index is 784. The van der Waals surface area contributed by atoms with Crippen molar-refractivity contribution in [2.24, 2.45) is 0 Å². The Balaban J connectivity index is 2.17. The van der Waals surface area contributed by atoms with Gasteiger partial charge in [-0.25, -0.2) is 0 Å². The van der Waals surface area contributed by atoms with Gasteiger partial charge in [0.25, 0.3) is 0 Å². The van der Waals surface area contributed by atoms with E-state index in [2.05, 4.69) is 0 Å². The van der Waals surface area contributed by atoms with Gasteiger partial charge in [0.05, 0.1) is 18.2 Å². The first-order valence-electron chi connectivity index (χ1n) is 8.38. The van der Waals surface area contributed by atoms with E-state index in [1.54, 1.807) is 7.11 Å². The number of methoxy groups -OCH3 is 1. The van der Waals surface area contributed by atoms with Crippen LogP contribution in [0, 0.1) is 0 Å². The third-order valence-electron chi connectivity index (χ3n) is 4.30. The van der Waals surface area contributed by atoms with Gasteiger partial charge in [-0.05, 0) is 57.9 Å². The van der Waals surface area contributed by atoms with Crippen molar-refractivity contribution < 1.29 is 24.1 Å². The second-order valence-electron chi connectivity index (χ2n) is 7.50. The van der Waals surface area contributed by atoms with Crippen molar-refractivity contribution in [1.82, 2.24) is 0 Å². The highest BCUT2D eigenvalue weighted by molar-refractivity contribution is 5.85. The lowest BCUT2D eigenvalue weighted by Crippen LogP contribution is -2.31. The number of allylic oxidation sites excluding steroid dienone is 1. The van der Waals surface area contributed by atoms with Crippen molar-refractivity contribution in [1.29, 1.82) is 0 Å². The summed E-state index contributed by atoms with van der Waals surface area (Å²) in [7, 11) is 1.61. The molecule has 5 heteroatoms. The molecule has 1 N–H and O–H groups in total. The Morgan fingerprint density at radius 3 is 2.48 bits per heavy atom. The third-order valence-corrected chi connectivity index (χ3v) is 4.30. The number of rotatable bonds is 4. The molecule has 0 spiro atoms. The number of carbonyl (C=O) groups is 1. The number of carboxylic acid groups (broad SMARTS) is 1. The van der Waals surface area contributed by atoms with Crippen LogP contribution in [0.1, 0.15) is 51.7 Å². The number of hydrogen-bond acceptors (Lipinski definition) is 4. The van der Waals surface area contributed by atoms with Crippen molar-refractivity contribution in [2.45, 2.75) is 51.7 Å². The van der Waals surface area contributed by atoms with Gasteiger partial charge in [0.1, 0.15) is 28.5 Å². The maximum absolute atomic E-state index is 11.1. The molecule has 134 valence electrons. The first-order chi connectivity index (χ1) is 11.6. The van der Waals surface area contributed by atoms with Gasteiger partial charge in [-0.2, -0.15) is 0 Å². The molecule has 0 unspecified atom stereocenters. The molecule has 3 rings (SSSR count). The fourth-order valence-corrected chi connectivity index (χ4v) is 3.31. The Morgan fingerprint density at radius 1 is 1.16 bits per heavy atom. The van der Waals surface area contributed by atoms with E-state index in [0.717, 1.165) is 16.7 Å².